The van der Waals surface area contributed by atoms with Crippen LogP contribution in [0.15, 0.2) is 47.1 Å². The zero-order valence-electron chi connectivity index (χ0n) is 17.3. The number of likely N-dealkylation sites (N-methyl/N-ethyl adjacent to an activating group) is 1. The van der Waals surface area contributed by atoms with Gasteiger partial charge in [-0.25, -0.2) is 0 Å². The largest absolute Gasteiger partial charge is 0.490 e. The van der Waals surface area contributed by atoms with E-state index in [2.05, 4.69) is 17.1 Å². The lowest BCUT2D eigenvalue weighted by Gasteiger charge is -2.39. The van der Waals surface area contributed by atoms with Crippen molar-refractivity contribution in [1.82, 2.24) is 19.9 Å². The lowest BCUT2D eigenvalue weighted by atomic mass is 9.90. The number of hydrogen-bond donors (Lipinski definition) is 0. The fourth-order valence-electron chi connectivity index (χ4n) is 4.11. The number of likely N-dealkylation sites (tertiary alicyclic amines) is 1. The number of carbonyl (C=O) groups excluding carboxylic acids is 2. The maximum Gasteiger partial charge on any atom is 0.292 e. The van der Waals surface area contributed by atoms with Crippen molar-refractivity contribution in [3.63, 3.8) is 0 Å². The third-order valence-corrected chi connectivity index (χ3v) is 5.92. The van der Waals surface area contributed by atoms with Crippen LogP contribution in [0, 0.1) is 5.92 Å². The first-order valence-electron chi connectivity index (χ1n) is 10.5. The Labute approximate surface area is 176 Å². The summed E-state index contributed by atoms with van der Waals surface area (Å²) in [5.41, 5.74) is 0. The van der Waals surface area contributed by atoms with E-state index in [9.17, 15) is 9.59 Å². The highest BCUT2D eigenvalue weighted by Crippen LogP contribution is 2.27. The van der Waals surface area contributed by atoms with Crippen LogP contribution in [-0.2, 0) is 4.79 Å². The molecule has 8 nitrogen and oxygen atoms in total. The summed E-state index contributed by atoms with van der Waals surface area (Å²) in [6.07, 6.45) is 2.37. The Balaban J connectivity index is 1.46. The van der Waals surface area contributed by atoms with E-state index >= 15 is 0 Å². The summed E-state index contributed by atoms with van der Waals surface area (Å²) < 4.78 is 11.3. The average Bonchev–Trinajstić information content (AvgIpc) is 3.30. The molecule has 1 aromatic heterocycles. The Morgan fingerprint density at radius 3 is 2.53 bits per heavy atom. The number of ether oxygens (including phenoxy) is 1. The van der Waals surface area contributed by atoms with E-state index in [1.807, 2.05) is 35.2 Å². The topological polar surface area (TPSA) is 79.1 Å². The molecule has 0 saturated carbocycles. The van der Waals surface area contributed by atoms with Crippen molar-refractivity contribution >= 4 is 11.8 Å². The molecule has 8 heteroatoms. The predicted octanol–water partition coefficient (Wildman–Crippen LogP) is 1.75. The number of nitrogens with zero attached hydrogens (tertiary/aromatic N) is 4. The molecule has 1 aromatic carbocycles. The fourth-order valence-corrected chi connectivity index (χ4v) is 4.11. The molecule has 0 aliphatic carbocycles. The van der Waals surface area contributed by atoms with Crippen molar-refractivity contribution in [2.75, 3.05) is 46.3 Å². The van der Waals surface area contributed by atoms with Crippen LogP contribution < -0.4 is 4.74 Å². The van der Waals surface area contributed by atoms with Crippen LogP contribution >= 0.6 is 0 Å². The van der Waals surface area contributed by atoms with E-state index in [-0.39, 0.29) is 29.6 Å². The van der Waals surface area contributed by atoms with Gasteiger partial charge in [-0.3, -0.25) is 9.59 Å². The van der Waals surface area contributed by atoms with Crippen molar-refractivity contribution in [3.8, 4) is 5.75 Å². The number of aromatic nitrogens is 1. The number of amides is 2. The Kier molecular flexibility index (Phi) is 6.32. The van der Waals surface area contributed by atoms with Crippen molar-refractivity contribution in [1.29, 1.82) is 0 Å². The minimum atomic E-state index is -0.192. The van der Waals surface area contributed by atoms with Gasteiger partial charge in [-0.1, -0.05) is 23.4 Å². The maximum absolute atomic E-state index is 13.0. The van der Waals surface area contributed by atoms with Crippen LogP contribution in [0.25, 0.3) is 0 Å². The Morgan fingerprint density at radius 2 is 1.83 bits per heavy atom. The fraction of sp³-hybridized carbons (Fsp3) is 0.500. The number of benzene rings is 1. The zero-order valence-corrected chi connectivity index (χ0v) is 17.3. The summed E-state index contributed by atoms with van der Waals surface area (Å²) in [7, 11) is 2.07. The molecule has 30 heavy (non-hydrogen) atoms. The molecule has 3 heterocycles. The first kappa shape index (κ1) is 20.4. The molecule has 0 radical (unpaired) electrons. The number of piperazine rings is 1. The Bertz CT molecular complexity index is 834. The number of hydrogen-bond acceptors (Lipinski definition) is 6. The molecule has 2 aromatic rings. The maximum atomic E-state index is 13.0. The number of piperidine rings is 1. The third-order valence-electron chi connectivity index (χ3n) is 5.92. The molecule has 160 valence electrons. The average molecular weight is 412 g/mol. The molecule has 0 spiro atoms. The van der Waals surface area contributed by atoms with Crippen LogP contribution in [-0.4, -0.2) is 84.1 Å². The highest BCUT2D eigenvalue weighted by molar-refractivity contribution is 5.91. The lowest BCUT2D eigenvalue weighted by Crippen LogP contribution is -2.51. The number of para-hydroxylation sites is 1. The molecular formula is C22H28N4O4. The Morgan fingerprint density at radius 1 is 1.07 bits per heavy atom. The lowest BCUT2D eigenvalue weighted by molar-refractivity contribution is -0.135. The SMILES string of the molecule is CN1CCN(C(=O)C[C@H]2CN(C(=O)c3ccno3)CC[C@@H]2Oc2ccccc2)CC1. The summed E-state index contributed by atoms with van der Waals surface area (Å²) in [5, 5.41) is 3.63. The normalized spacial score (nSPS) is 22.7. The highest BCUT2D eigenvalue weighted by Gasteiger charge is 2.36. The monoisotopic (exact) mass is 412 g/mol. The molecule has 2 amide bonds. The Hall–Kier alpha value is -2.87. The van der Waals surface area contributed by atoms with E-state index < -0.39 is 0 Å². The summed E-state index contributed by atoms with van der Waals surface area (Å²) in [5.74, 6) is 0.862. The summed E-state index contributed by atoms with van der Waals surface area (Å²) >= 11 is 0. The number of rotatable bonds is 5. The number of carbonyl (C=O) groups is 2. The van der Waals surface area contributed by atoms with Crippen LogP contribution in [0.5, 0.6) is 5.75 Å². The van der Waals surface area contributed by atoms with E-state index in [0.29, 0.717) is 25.9 Å². The summed E-state index contributed by atoms with van der Waals surface area (Å²) in [4.78, 5) is 31.6. The second-order valence-electron chi connectivity index (χ2n) is 8.03. The molecule has 0 bridgehead atoms. The van der Waals surface area contributed by atoms with Gasteiger partial charge in [0.25, 0.3) is 5.91 Å². The zero-order chi connectivity index (χ0) is 20.9. The smallest absolute Gasteiger partial charge is 0.292 e. The first-order valence-corrected chi connectivity index (χ1v) is 10.5. The van der Waals surface area contributed by atoms with Gasteiger partial charge in [0.05, 0.1) is 6.20 Å². The molecule has 2 saturated heterocycles. The second kappa shape index (κ2) is 9.30. The predicted molar refractivity (Wildman–Crippen MR) is 110 cm³/mol. The van der Waals surface area contributed by atoms with Gasteiger partial charge in [0.1, 0.15) is 11.9 Å². The van der Waals surface area contributed by atoms with Crippen LogP contribution in [0.4, 0.5) is 0 Å². The van der Waals surface area contributed by atoms with Crippen molar-refractivity contribution in [2.45, 2.75) is 18.9 Å². The van der Waals surface area contributed by atoms with Gasteiger partial charge >= 0.3 is 0 Å². The summed E-state index contributed by atoms with van der Waals surface area (Å²) in [6, 6.07) is 11.2. The van der Waals surface area contributed by atoms with E-state index in [1.54, 1.807) is 11.0 Å². The van der Waals surface area contributed by atoms with Crippen LogP contribution in [0.1, 0.15) is 23.4 Å². The van der Waals surface area contributed by atoms with Gasteiger partial charge in [-0.05, 0) is 19.2 Å². The molecule has 2 aliphatic heterocycles. The minimum Gasteiger partial charge on any atom is -0.490 e. The molecule has 2 atom stereocenters. The first-order chi connectivity index (χ1) is 14.6. The van der Waals surface area contributed by atoms with Crippen LogP contribution in [0.3, 0.4) is 0 Å². The van der Waals surface area contributed by atoms with Gasteiger partial charge in [-0.2, -0.15) is 0 Å². The highest BCUT2D eigenvalue weighted by atomic mass is 16.5. The quantitative estimate of drug-likeness (QED) is 0.745. The second-order valence-corrected chi connectivity index (χ2v) is 8.03. The van der Waals surface area contributed by atoms with E-state index in [0.717, 1.165) is 31.9 Å². The van der Waals surface area contributed by atoms with Gasteiger partial charge in [0, 0.05) is 64.1 Å². The molecule has 2 aliphatic rings. The molecule has 0 N–H and O–H groups in total. The van der Waals surface area contributed by atoms with Gasteiger partial charge in [0.2, 0.25) is 11.7 Å². The standard InChI is InChI=1S/C22H28N4O4/c1-24-11-13-25(14-12-24)21(27)15-17-16-26(22(28)20-7-9-23-30-20)10-8-19(17)29-18-5-3-2-4-6-18/h2-7,9,17,19H,8,10-16H2,1H3/t17-,19-/m0/s1. The van der Waals surface area contributed by atoms with Crippen LogP contribution in [0.2, 0.25) is 0 Å². The van der Waals surface area contributed by atoms with Crippen molar-refractivity contribution < 1.29 is 18.8 Å². The minimum absolute atomic E-state index is 0.0852. The van der Waals surface area contributed by atoms with Gasteiger partial charge in [-0.15, -0.1) is 0 Å². The molecule has 4 rings (SSSR count). The molecular weight excluding hydrogens is 384 g/mol. The third kappa shape index (κ3) is 4.81. The van der Waals surface area contributed by atoms with Crippen molar-refractivity contribution in [2.24, 2.45) is 5.92 Å². The molecule has 2 fully saturated rings. The van der Waals surface area contributed by atoms with Gasteiger partial charge < -0.3 is 24.0 Å². The molecule has 0 unspecified atom stereocenters. The van der Waals surface area contributed by atoms with E-state index in [1.165, 1.54) is 6.20 Å². The van der Waals surface area contributed by atoms with Crippen molar-refractivity contribution in [3.05, 3.63) is 48.4 Å². The summed E-state index contributed by atoms with van der Waals surface area (Å²) in [6.45, 7) is 4.26. The van der Waals surface area contributed by atoms with Gasteiger partial charge in [0.15, 0.2) is 0 Å². The van der Waals surface area contributed by atoms with E-state index in [4.69, 9.17) is 9.26 Å².